The molecular formula is C15H23NO4. The summed E-state index contributed by atoms with van der Waals surface area (Å²) in [5.74, 6) is -1.79. The third kappa shape index (κ3) is 3.26. The first-order valence-corrected chi connectivity index (χ1v) is 6.82. The number of esters is 1. The molecule has 0 heterocycles. The van der Waals surface area contributed by atoms with E-state index in [0.29, 0.717) is 0 Å². The maximum absolute atomic E-state index is 12.1. The Balaban J connectivity index is 3.23. The van der Waals surface area contributed by atoms with Gasteiger partial charge in [0.05, 0.1) is 12.7 Å². The number of methoxy groups -OCH3 is 1. The van der Waals surface area contributed by atoms with Gasteiger partial charge >= 0.3 is 5.97 Å². The van der Waals surface area contributed by atoms with Crippen LogP contribution in [0.3, 0.4) is 0 Å². The molecule has 20 heavy (non-hydrogen) atoms. The van der Waals surface area contributed by atoms with Gasteiger partial charge in [0.2, 0.25) is 0 Å². The van der Waals surface area contributed by atoms with Crippen LogP contribution in [0, 0.1) is 11.3 Å². The number of aliphatic hydroxyl groups excluding tert-OH is 1. The van der Waals surface area contributed by atoms with Crippen molar-refractivity contribution in [1.29, 1.82) is 0 Å². The van der Waals surface area contributed by atoms with E-state index < -0.39 is 17.3 Å². The molecule has 1 N–H and O–H groups in total. The number of carbonyl (C=O) groups is 2. The van der Waals surface area contributed by atoms with Crippen LogP contribution in [0.25, 0.3) is 0 Å². The Hall–Kier alpha value is -1.65. The summed E-state index contributed by atoms with van der Waals surface area (Å²) in [4.78, 5) is 28.2. The van der Waals surface area contributed by atoms with Gasteiger partial charge in [-0.2, -0.15) is 0 Å². The molecule has 0 aromatic heterocycles. The average Bonchev–Trinajstić information content (AvgIpc) is 2.36. The fourth-order valence-electron chi connectivity index (χ4n) is 2.27. The Kier molecular flexibility index (Phi) is 5.09. The highest BCUT2D eigenvalue weighted by atomic mass is 16.5. The zero-order chi connectivity index (χ0) is 15.5. The Bertz CT molecular complexity index is 462. The van der Waals surface area contributed by atoms with Gasteiger partial charge in [-0.05, 0) is 18.8 Å². The van der Waals surface area contributed by atoms with E-state index in [4.69, 9.17) is 4.74 Å². The zero-order valence-corrected chi connectivity index (χ0v) is 12.8. The first-order chi connectivity index (χ1) is 9.24. The normalized spacial score (nSPS) is 24.1. The second kappa shape index (κ2) is 6.20. The van der Waals surface area contributed by atoms with Gasteiger partial charge in [-0.3, -0.25) is 14.6 Å². The van der Waals surface area contributed by atoms with Gasteiger partial charge in [0.15, 0.2) is 5.78 Å². The molecule has 1 aliphatic carbocycles. The molecule has 5 heteroatoms. The van der Waals surface area contributed by atoms with E-state index in [1.165, 1.54) is 13.3 Å². The van der Waals surface area contributed by atoms with Crippen molar-refractivity contribution in [2.24, 2.45) is 16.3 Å². The summed E-state index contributed by atoms with van der Waals surface area (Å²) in [6.07, 6.45) is 2.40. The highest BCUT2D eigenvalue weighted by Crippen LogP contribution is 2.41. The summed E-state index contributed by atoms with van der Waals surface area (Å²) in [5.41, 5.74) is -0.540. The first kappa shape index (κ1) is 16.4. The molecule has 0 spiro atoms. The Morgan fingerprint density at radius 3 is 2.70 bits per heavy atom. The Morgan fingerprint density at radius 2 is 2.20 bits per heavy atom. The molecule has 0 aliphatic heterocycles. The first-order valence-electron chi connectivity index (χ1n) is 6.82. The number of rotatable bonds is 4. The van der Waals surface area contributed by atoms with E-state index in [1.54, 1.807) is 13.8 Å². The minimum Gasteiger partial charge on any atom is -0.511 e. The summed E-state index contributed by atoms with van der Waals surface area (Å²) < 4.78 is 4.74. The van der Waals surface area contributed by atoms with E-state index in [2.05, 4.69) is 4.99 Å². The summed E-state index contributed by atoms with van der Waals surface area (Å²) in [6, 6.07) is 0.0645. The van der Waals surface area contributed by atoms with Gasteiger partial charge in [-0.15, -0.1) is 0 Å². The molecule has 0 radical (unpaired) electrons. The average molecular weight is 281 g/mol. The zero-order valence-electron chi connectivity index (χ0n) is 12.8. The number of allylic oxidation sites excluding steroid dienone is 1. The molecule has 0 saturated carbocycles. The molecule has 0 amide bonds. The number of carbonyl (C=O) groups excluding carboxylic acids is 2. The Labute approximate surface area is 119 Å². The van der Waals surface area contributed by atoms with E-state index >= 15 is 0 Å². The number of hydrogen-bond acceptors (Lipinski definition) is 5. The minimum absolute atomic E-state index is 0.0645. The maximum Gasteiger partial charge on any atom is 0.316 e. The van der Waals surface area contributed by atoms with Gasteiger partial charge in [0.1, 0.15) is 11.7 Å². The number of hydrogen-bond donors (Lipinski definition) is 1. The van der Waals surface area contributed by atoms with Crippen LogP contribution in [0.2, 0.25) is 0 Å². The molecule has 0 aromatic rings. The summed E-state index contributed by atoms with van der Waals surface area (Å²) in [7, 11) is 1.27. The lowest BCUT2D eigenvalue weighted by Crippen LogP contribution is -2.40. The lowest BCUT2D eigenvalue weighted by atomic mass is 9.68. The van der Waals surface area contributed by atoms with Crippen molar-refractivity contribution in [3.8, 4) is 0 Å². The monoisotopic (exact) mass is 281 g/mol. The molecule has 2 atom stereocenters. The summed E-state index contributed by atoms with van der Waals surface area (Å²) >= 11 is 0. The smallest absolute Gasteiger partial charge is 0.316 e. The molecule has 0 bridgehead atoms. The number of ketones is 1. The van der Waals surface area contributed by atoms with E-state index in [-0.39, 0.29) is 29.6 Å². The molecule has 0 unspecified atom stereocenters. The van der Waals surface area contributed by atoms with E-state index in [0.717, 1.165) is 6.42 Å². The lowest BCUT2D eigenvalue weighted by molar-refractivity contribution is -0.150. The number of aliphatic imine (C=N–C) groups is 1. The summed E-state index contributed by atoms with van der Waals surface area (Å²) in [5, 5.41) is 10.3. The van der Waals surface area contributed by atoms with Gasteiger partial charge in [-0.1, -0.05) is 20.8 Å². The van der Waals surface area contributed by atoms with Crippen molar-refractivity contribution < 1.29 is 19.4 Å². The van der Waals surface area contributed by atoms with Gasteiger partial charge in [-0.25, -0.2) is 0 Å². The third-order valence-corrected chi connectivity index (χ3v) is 3.73. The van der Waals surface area contributed by atoms with Crippen molar-refractivity contribution in [3.05, 3.63) is 11.3 Å². The van der Waals surface area contributed by atoms with Crippen LogP contribution >= 0.6 is 0 Å². The van der Waals surface area contributed by atoms with Gasteiger partial charge in [0.25, 0.3) is 0 Å². The fourth-order valence-corrected chi connectivity index (χ4v) is 2.27. The van der Waals surface area contributed by atoms with Crippen molar-refractivity contribution in [3.63, 3.8) is 0 Å². The Morgan fingerprint density at radius 1 is 1.60 bits per heavy atom. The topological polar surface area (TPSA) is 76.0 Å². The quantitative estimate of drug-likeness (QED) is 0.634. The second-order valence-corrected chi connectivity index (χ2v) is 5.88. The highest BCUT2D eigenvalue weighted by Gasteiger charge is 2.46. The van der Waals surface area contributed by atoms with E-state index in [9.17, 15) is 14.7 Å². The van der Waals surface area contributed by atoms with Crippen molar-refractivity contribution in [2.75, 3.05) is 7.11 Å². The minimum atomic E-state index is -0.830. The maximum atomic E-state index is 12.1. The van der Waals surface area contributed by atoms with Crippen LogP contribution < -0.4 is 0 Å². The van der Waals surface area contributed by atoms with Gasteiger partial charge < -0.3 is 9.84 Å². The predicted molar refractivity (Wildman–Crippen MR) is 76.8 cm³/mol. The van der Waals surface area contributed by atoms with Crippen LogP contribution in [-0.4, -0.2) is 36.2 Å². The highest BCUT2D eigenvalue weighted by molar-refractivity contribution is 6.15. The molecular weight excluding hydrogens is 258 g/mol. The van der Waals surface area contributed by atoms with Crippen molar-refractivity contribution >= 4 is 18.0 Å². The number of ether oxygens (including phenoxy) is 1. The molecule has 0 saturated heterocycles. The van der Waals surface area contributed by atoms with Gasteiger partial charge in [0, 0.05) is 18.7 Å². The predicted octanol–water partition coefficient (Wildman–Crippen LogP) is 2.46. The molecule has 0 fully saturated rings. The standard InChI is InChI=1S/C15H23NO4/c1-6-9(2)16-8-10-11(17)7-15(3,4)12(13(10)18)14(19)20-5/h8-9,12,18H,6-7H2,1-5H3/t9-,12+/m0/s1. The lowest BCUT2D eigenvalue weighted by Gasteiger charge is -2.35. The fraction of sp³-hybridized carbons (Fsp3) is 0.667. The van der Waals surface area contributed by atoms with Crippen LogP contribution in [0.15, 0.2) is 16.3 Å². The second-order valence-electron chi connectivity index (χ2n) is 5.88. The third-order valence-electron chi connectivity index (χ3n) is 3.73. The van der Waals surface area contributed by atoms with Crippen molar-refractivity contribution in [2.45, 2.75) is 46.6 Å². The van der Waals surface area contributed by atoms with Crippen LogP contribution in [0.5, 0.6) is 0 Å². The van der Waals surface area contributed by atoms with Crippen LogP contribution in [0.4, 0.5) is 0 Å². The number of nitrogens with zero attached hydrogens (tertiary/aromatic N) is 1. The molecule has 0 aromatic carbocycles. The molecule has 5 nitrogen and oxygen atoms in total. The molecule has 1 rings (SSSR count). The van der Waals surface area contributed by atoms with Crippen LogP contribution in [-0.2, 0) is 14.3 Å². The molecule has 1 aliphatic rings. The number of Topliss-reactive ketones (excluding diaryl/α,β-unsaturated/α-hetero) is 1. The number of aliphatic hydroxyl groups is 1. The van der Waals surface area contributed by atoms with Crippen LogP contribution in [0.1, 0.15) is 40.5 Å². The SMILES string of the molecule is CC[C@H](C)N=CC1=C(O)[C@H](C(=O)OC)C(C)(C)CC1=O. The summed E-state index contributed by atoms with van der Waals surface area (Å²) in [6.45, 7) is 7.44. The van der Waals surface area contributed by atoms with E-state index in [1.807, 2.05) is 13.8 Å². The largest absolute Gasteiger partial charge is 0.511 e. The van der Waals surface area contributed by atoms with Crippen molar-refractivity contribution in [1.82, 2.24) is 0 Å². The molecule has 112 valence electrons.